The van der Waals surface area contributed by atoms with E-state index < -0.39 is 0 Å². The summed E-state index contributed by atoms with van der Waals surface area (Å²) in [4.78, 5) is 24.8. The fraction of sp³-hybridized carbons (Fsp3) is 0.500. The Balaban J connectivity index is 2.60. The number of nitrogens with zero attached hydrogens (tertiary/aromatic N) is 1. The van der Waals surface area contributed by atoms with Gasteiger partial charge in [0.15, 0.2) is 0 Å². The number of carbonyl (C=O) groups excluding carboxylic acids is 2. The van der Waals surface area contributed by atoms with E-state index in [4.69, 9.17) is 0 Å². The summed E-state index contributed by atoms with van der Waals surface area (Å²) in [6.07, 6.45) is 0. The molecule has 0 radical (unpaired) electrons. The highest BCUT2D eigenvalue weighted by Gasteiger charge is 2.13. The van der Waals surface area contributed by atoms with Crippen LogP contribution in [-0.4, -0.2) is 34.3 Å². The van der Waals surface area contributed by atoms with Crippen molar-refractivity contribution < 1.29 is 9.59 Å². The summed E-state index contributed by atoms with van der Waals surface area (Å²) < 4.78 is 0.0728. The number of anilines is 1. The van der Waals surface area contributed by atoms with E-state index in [0.717, 1.165) is 11.3 Å². The molecule has 0 spiro atoms. The molecule has 2 amide bonds. The van der Waals surface area contributed by atoms with Crippen LogP contribution in [0.2, 0.25) is 0 Å². The van der Waals surface area contributed by atoms with E-state index in [-0.39, 0.29) is 16.6 Å². The van der Waals surface area contributed by atoms with Crippen LogP contribution >= 0.6 is 11.8 Å². The molecule has 0 atom stereocenters. The Morgan fingerprint density at radius 3 is 2.52 bits per heavy atom. The molecule has 4 nitrogen and oxygen atoms in total. The number of thioether (sulfide) groups is 1. The molecule has 1 rings (SSSR count). The third-order valence-corrected chi connectivity index (χ3v) is 4.08. The monoisotopic (exact) mass is 308 g/mol. The Morgan fingerprint density at radius 1 is 1.29 bits per heavy atom. The van der Waals surface area contributed by atoms with E-state index >= 15 is 0 Å². The van der Waals surface area contributed by atoms with Gasteiger partial charge in [-0.2, -0.15) is 0 Å². The van der Waals surface area contributed by atoms with Gasteiger partial charge in [-0.05, 0) is 17.7 Å². The molecule has 0 unspecified atom stereocenters. The number of hydrogen-bond donors (Lipinski definition) is 1. The molecule has 0 saturated carbocycles. The van der Waals surface area contributed by atoms with Crippen LogP contribution in [0, 0.1) is 0 Å². The van der Waals surface area contributed by atoms with Crippen LogP contribution in [0.25, 0.3) is 0 Å². The first-order valence-corrected chi connectivity index (χ1v) is 7.90. The highest BCUT2D eigenvalue weighted by Crippen LogP contribution is 2.23. The number of carbonyl (C=O) groups is 2. The second kappa shape index (κ2) is 7.50. The van der Waals surface area contributed by atoms with Gasteiger partial charge in [-0.15, -0.1) is 11.8 Å². The summed E-state index contributed by atoms with van der Waals surface area (Å²) >= 11 is 1.61. The van der Waals surface area contributed by atoms with E-state index in [1.807, 2.05) is 24.3 Å². The predicted molar refractivity (Wildman–Crippen MR) is 89.4 cm³/mol. The number of hydrogen-bond acceptors (Lipinski definition) is 3. The number of rotatable bonds is 5. The highest BCUT2D eigenvalue weighted by molar-refractivity contribution is 8.01. The van der Waals surface area contributed by atoms with Crippen LogP contribution < -0.4 is 5.32 Å². The minimum atomic E-state index is -0.00741. The van der Waals surface area contributed by atoms with Crippen molar-refractivity contribution in [2.24, 2.45) is 0 Å². The van der Waals surface area contributed by atoms with Crippen molar-refractivity contribution in [3.63, 3.8) is 0 Å². The van der Waals surface area contributed by atoms with Gasteiger partial charge in [-0.1, -0.05) is 32.9 Å². The molecule has 0 heterocycles. The quantitative estimate of drug-likeness (QED) is 0.909. The fourth-order valence-electron chi connectivity index (χ4n) is 1.61. The van der Waals surface area contributed by atoms with Gasteiger partial charge < -0.3 is 10.2 Å². The summed E-state index contributed by atoms with van der Waals surface area (Å²) in [5.74, 6) is 0.444. The predicted octanol–water partition coefficient (Wildman–Crippen LogP) is 3.14. The van der Waals surface area contributed by atoms with Crippen LogP contribution in [0.4, 0.5) is 5.69 Å². The number of benzene rings is 1. The lowest BCUT2D eigenvalue weighted by Gasteiger charge is -2.17. The van der Waals surface area contributed by atoms with E-state index in [0.29, 0.717) is 12.3 Å². The van der Waals surface area contributed by atoms with Crippen molar-refractivity contribution in [3.8, 4) is 0 Å². The second-order valence-corrected chi connectivity index (χ2v) is 7.83. The first-order chi connectivity index (χ1) is 9.67. The molecule has 21 heavy (non-hydrogen) atoms. The van der Waals surface area contributed by atoms with Gasteiger partial charge in [0.25, 0.3) is 0 Å². The van der Waals surface area contributed by atoms with Crippen LogP contribution in [-0.2, 0) is 16.1 Å². The highest BCUT2D eigenvalue weighted by atomic mass is 32.2. The zero-order valence-electron chi connectivity index (χ0n) is 13.4. The Bertz CT molecular complexity index is 509. The lowest BCUT2D eigenvalue weighted by molar-refractivity contribution is -0.128. The van der Waals surface area contributed by atoms with Gasteiger partial charge in [0.05, 0.1) is 5.75 Å². The summed E-state index contributed by atoms with van der Waals surface area (Å²) in [7, 11) is 1.76. The molecule has 1 aromatic carbocycles. The molecule has 116 valence electrons. The van der Waals surface area contributed by atoms with Gasteiger partial charge >= 0.3 is 0 Å². The maximum atomic E-state index is 11.9. The van der Waals surface area contributed by atoms with E-state index in [1.165, 1.54) is 6.92 Å². The molecule has 0 aliphatic carbocycles. The molecular formula is C16H24N2O2S. The van der Waals surface area contributed by atoms with E-state index in [2.05, 4.69) is 26.1 Å². The largest absolute Gasteiger partial charge is 0.342 e. The Kier molecular flexibility index (Phi) is 6.27. The van der Waals surface area contributed by atoms with E-state index in [9.17, 15) is 9.59 Å². The average molecular weight is 308 g/mol. The molecule has 0 aliphatic heterocycles. The summed E-state index contributed by atoms with van der Waals surface area (Å²) in [6.45, 7) is 8.33. The Hall–Kier alpha value is -1.49. The van der Waals surface area contributed by atoms with Gasteiger partial charge in [0.1, 0.15) is 0 Å². The molecule has 5 heteroatoms. The van der Waals surface area contributed by atoms with Gasteiger partial charge in [0.2, 0.25) is 11.8 Å². The first-order valence-electron chi connectivity index (χ1n) is 6.92. The lowest BCUT2D eigenvalue weighted by Crippen LogP contribution is -2.23. The SMILES string of the molecule is CC(=O)N(C)Cc1cccc(NC(=O)CSC(C)(C)C)c1. The first kappa shape index (κ1) is 17.6. The Labute approximate surface area is 131 Å². The van der Waals surface area contributed by atoms with Crippen molar-refractivity contribution in [1.29, 1.82) is 0 Å². The molecule has 0 fully saturated rings. The molecule has 0 aliphatic rings. The molecule has 1 N–H and O–H groups in total. The normalized spacial score (nSPS) is 11.1. The molecule has 0 aromatic heterocycles. The van der Waals surface area contributed by atoms with Crippen LogP contribution in [0.15, 0.2) is 24.3 Å². The van der Waals surface area contributed by atoms with Crippen molar-refractivity contribution in [1.82, 2.24) is 4.90 Å². The van der Waals surface area contributed by atoms with Crippen LogP contribution in [0.3, 0.4) is 0 Å². The van der Waals surface area contributed by atoms with Crippen LogP contribution in [0.1, 0.15) is 33.3 Å². The third-order valence-electron chi connectivity index (χ3n) is 2.80. The summed E-state index contributed by atoms with van der Waals surface area (Å²) in [5, 5.41) is 2.89. The summed E-state index contributed by atoms with van der Waals surface area (Å²) in [6, 6.07) is 7.59. The van der Waals surface area contributed by atoms with Crippen LogP contribution in [0.5, 0.6) is 0 Å². The zero-order valence-corrected chi connectivity index (χ0v) is 14.2. The molecule has 0 saturated heterocycles. The zero-order chi connectivity index (χ0) is 16.0. The van der Waals surface area contributed by atoms with Gasteiger partial charge in [-0.25, -0.2) is 0 Å². The Morgan fingerprint density at radius 2 is 1.95 bits per heavy atom. The summed E-state index contributed by atoms with van der Waals surface area (Å²) in [5.41, 5.74) is 1.76. The van der Waals surface area contributed by atoms with E-state index in [1.54, 1.807) is 23.7 Å². The van der Waals surface area contributed by atoms with Gasteiger partial charge in [0, 0.05) is 31.0 Å². The van der Waals surface area contributed by atoms with Crippen molar-refractivity contribution in [2.75, 3.05) is 18.1 Å². The standard InChI is InChI=1S/C16H24N2O2S/c1-12(19)18(5)10-13-7-6-8-14(9-13)17-15(20)11-21-16(2,3)4/h6-9H,10-11H2,1-5H3,(H,17,20). The maximum absolute atomic E-state index is 11.9. The number of nitrogens with one attached hydrogen (secondary N) is 1. The molecular weight excluding hydrogens is 284 g/mol. The fourth-order valence-corrected chi connectivity index (χ4v) is 2.25. The average Bonchev–Trinajstić information content (AvgIpc) is 2.36. The van der Waals surface area contributed by atoms with Crippen molar-refractivity contribution in [2.45, 2.75) is 39.0 Å². The van der Waals surface area contributed by atoms with Crippen molar-refractivity contribution >= 4 is 29.3 Å². The topological polar surface area (TPSA) is 49.4 Å². The second-order valence-electron chi connectivity index (χ2n) is 6.02. The smallest absolute Gasteiger partial charge is 0.234 e. The van der Waals surface area contributed by atoms with Gasteiger partial charge in [-0.3, -0.25) is 9.59 Å². The maximum Gasteiger partial charge on any atom is 0.234 e. The van der Waals surface area contributed by atoms with Crippen molar-refractivity contribution in [3.05, 3.63) is 29.8 Å². The third kappa shape index (κ3) is 7.18. The molecule has 1 aromatic rings. The molecule has 0 bridgehead atoms. The minimum absolute atomic E-state index is 0.00741. The minimum Gasteiger partial charge on any atom is -0.342 e. The number of amides is 2. The lowest BCUT2D eigenvalue weighted by atomic mass is 10.2.